The van der Waals surface area contributed by atoms with Crippen molar-refractivity contribution >= 4 is 12.0 Å². The van der Waals surface area contributed by atoms with Crippen LogP contribution in [0.4, 0.5) is 0 Å². The Morgan fingerprint density at radius 1 is 1.22 bits per heavy atom. The van der Waals surface area contributed by atoms with Crippen LogP contribution in [0.3, 0.4) is 0 Å². The maximum Gasteiger partial charge on any atom is 0.274 e. The van der Waals surface area contributed by atoms with Crippen LogP contribution < -0.4 is 0 Å². The molecule has 5 heteroatoms. The van der Waals surface area contributed by atoms with Gasteiger partial charge in [-0.3, -0.25) is 4.79 Å². The summed E-state index contributed by atoms with van der Waals surface area (Å²) in [6, 6.07) is 10.3. The molecule has 1 fully saturated rings. The standard InChI is InChI=1S/C18H22N4O/c1-21-17(14-19-20-21)18(23)22-13-7-3-6-10-16(22)12-11-15-8-4-2-5-9-15/h2,4-5,8-9,11-12,14,16H,3,6-7,10,13H2,1H3/b12-11+. The molecule has 1 aliphatic heterocycles. The number of nitrogens with zero attached hydrogens (tertiary/aromatic N) is 4. The van der Waals surface area contributed by atoms with Crippen LogP contribution in [-0.4, -0.2) is 38.4 Å². The Bertz CT molecular complexity index is 677. The molecule has 1 aromatic heterocycles. The van der Waals surface area contributed by atoms with Gasteiger partial charge in [0.25, 0.3) is 5.91 Å². The molecule has 3 rings (SSSR count). The van der Waals surface area contributed by atoms with E-state index in [-0.39, 0.29) is 11.9 Å². The van der Waals surface area contributed by atoms with Crippen molar-refractivity contribution in [2.45, 2.75) is 31.7 Å². The largest absolute Gasteiger partial charge is 0.331 e. The first-order valence-electron chi connectivity index (χ1n) is 8.14. The van der Waals surface area contributed by atoms with E-state index in [1.807, 2.05) is 23.1 Å². The number of carbonyl (C=O) groups is 1. The number of benzene rings is 1. The highest BCUT2D eigenvalue weighted by molar-refractivity contribution is 5.92. The zero-order valence-corrected chi connectivity index (χ0v) is 13.4. The van der Waals surface area contributed by atoms with Crippen molar-refractivity contribution in [2.24, 2.45) is 7.05 Å². The van der Waals surface area contributed by atoms with Crippen LogP contribution in [0.2, 0.25) is 0 Å². The predicted octanol–water partition coefficient (Wildman–Crippen LogP) is 2.91. The number of hydrogen-bond acceptors (Lipinski definition) is 3. The molecule has 2 aromatic rings. The van der Waals surface area contributed by atoms with Crippen LogP contribution in [-0.2, 0) is 7.05 Å². The van der Waals surface area contributed by atoms with Crippen molar-refractivity contribution in [3.63, 3.8) is 0 Å². The van der Waals surface area contributed by atoms with Gasteiger partial charge in [-0.25, -0.2) is 4.68 Å². The van der Waals surface area contributed by atoms with Gasteiger partial charge in [-0.15, -0.1) is 5.10 Å². The van der Waals surface area contributed by atoms with Crippen molar-refractivity contribution in [1.29, 1.82) is 0 Å². The van der Waals surface area contributed by atoms with Crippen LogP contribution in [0.5, 0.6) is 0 Å². The van der Waals surface area contributed by atoms with Crippen LogP contribution in [0, 0.1) is 0 Å². The maximum absolute atomic E-state index is 12.8. The second-order valence-corrected chi connectivity index (χ2v) is 5.93. The summed E-state index contributed by atoms with van der Waals surface area (Å²) in [7, 11) is 1.76. The van der Waals surface area contributed by atoms with Gasteiger partial charge in [-0.05, 0) is 18.4 Å². The predicted molar refractivity (Wildman–Crippen MR) is 89.8 cm³/mol. The number of hydrogen-bond donors (Lipinski definition) is 0. The molecule has 1 atom stereocenters. The minimum absolute atomic E-state index is 0.0158. The third kappa shape index (κ3) is 3.67. The fraction of sp³-hybridized carbons (Fsp3) is 0.389. The normalized spacial score (nSPS) is 19.0. The van der Waals surface area contributed by atoms with E-state index >= 15 is 0 Å². The molecule has 0 spiro atoms. The van der Waals surface area contributed by atoms with Gasteiger partial charge in [0.1, 0.15) is 5.69 Å². The Hall–Kier alpha value is -2.43. The van der Waals surface area contributed by atoms with Crippen molar-refractivity contribution in [3.8, 4) is 0 Å². The maximum atomic E-state index is 12.8. The molecule has 1 saturated heterocycles. The van der Waals surface area contributed by atoms with Gasteiger partial charge < -0.3 is 4.90 Å². The SMILES string of the molecule is Cn1nncc1C(=O)N1CCCCCC1/C=C/c1ccccc1. The molecule has 120 valence electrons. The fourth-order valence-electron chi connectivity index (χ4n) is 3.00. The molecule has 1 amide bonds. The summed E-state index contributed by atoms with van der Waals surface area (Å²) < 4.78 is 1.55. The molecule has 0 aliphatic carbocycles. The summed E-state index contributed by atoms with van der Waals surface area (Å²) in [4.78, 5) is 14.8. The first-order valence-corrected chi connectivity index (χ1v) is 8.14. The molecule has 1 aliphatic rings. The van der Waals surface area contributed by atoms with Crippen LogP contribution in [0.25, 0.3) is 6.08 Å². The van der Waals surface area contributed by atoms with E-state index in [2.05, 4.69) is 34.6 Å². The zero-order chi connectivity index (χ0) is 16.1. The third-order valence-electron chi connectivity index (χ3n) is 4.30. The number of rotatable bonds is 3. The average molecular weight is 310 g/mol. The summed E-state index contributed by atoms with van der Waals surface area (Å²) in [6.07, 6.45) is 10.2. The Morgan fingerprint density at radius 2 is 2.04 bits per heavy atom. The molecule has 1 aromatic carbocycles. The van der Waals surface area contributed by atoms with E-state index in [0.717, 1.165) is 31.4 Å². The molecule has 0 radical (unpaired) electrons. The number of aromatic nitrogens is 3. The van der Waals surface area contributed by atoms with Gasteiger partial charge in [0.05, 0.1) is 12.2 Å². The number of likely N-dealkylation sites (tertiary alicyclic amines) is 1. The monoisotopic (exact) mass is 310 g/mol. The van der Waals surface area contributed by atoms with Gasteiger partial charge in [0.2, 0.25) is 0 Å². The molecule has 2 heterocycles. The smallest absolute Gasteiger partial charge is 0.274 e. The molecular formula is C18H22N4O. The van der Waals surface area contributed by atoms with E-state index in [1.54, 1.807) is 17.9 Å². The summed E-state index contributed by atoms with van der Waals surface area (Å²) in [5.74, 6) is 0.0158. The second-order valence-electron chi connectivity index (χ2n) is 5.93. The molecule has 0 bridgehead atoms. The molecule has 1 unspecified atom stereocenters. The molecule has 0 N–H and O–H groups in total. The summed E-state index contributed by atoms with van der Waals surface area (Å²) >= 11 is 0. The number of carbonyl (C=O) groups excluding carboxylic acids is 1. The summed E-state index contributed by atoms with van der Waals surface area (Å²) in [5.41, 5.74) is 1.70. The highest BCUT2D eigenvalue weighted by atomic mass is 16.2. The Morgan fingerprint density at radius 3 is 2.78 bits per heavy atom. The van der Waals surface area contributed by atoms with Crippen molar-refractivity contribution in [3.05, 3.63) is 53.9 Å². The molecule has 0 saturated carbocycles. The lowest BCUT2D eigenvalue weighted by molar-refractivity contribution is 0.0707. The van der Waals surface area contributed by atoms with Gasteiger partial charge in [0, 0.05) is 13.6 Å². The average Bonchev–Trinajstić information content (AvgIpc) is 2.87. The Balaban J connectivity index is 1.81. The van der Waals surface area contributed by atoms with E-state index in [0.29, 0.717) is 5.69 Å². The van der Waals surface area contributed by atoms with E-state index < -0.39 is 0 Å². The van der Waals surface area contributed by atoms with Crippen LogP contribution in [0.1, 0.15) is 41.7 Å². The van der Waals surface area contributed by atoms with Gasteiger partial charge in [-0.1, -0.05) is 60.5 Å². The summed E-state index contributed by atoms with van der Waals surface area (Å²) in [5, 5.41) is 7.70. The van der Waals surface area contributed by atoms with Gasteiger partial charge in [0.15, 0.2) is 0 Å². The minimum Gasteiger partial charge on any atom is -0.331 e. The first-order chi connectivity index (χ1) is 11.3. The topological polar surface area (TPSA) is 51.0 Å². The molecular weight excluding hydrogens is 288 g/mol. The lowest BCUT2D eigenvalue weighted by atomic mass is 10.1. The highest BCUT2D eigenvalue weighted by Crippen LogP contribution is 2.21. The highest BCUT2D eigenvalue weighted by Gasteiger charge is 2.26. The first kappa shape index (κ1) is 15.5. The zero-order valence-electron chi connectivity index (χ0n) is 13.4. The van der Waals surface area contributed by atoms with Crippen LogP contribution >= 0.6 is 0 Å². The lowest BCUT2D eigenvalue weighted by Gasteiger charge is -2.27. The van der Waals surface area contributed by atoms with E-state index in [9.17, 15) is 4.79 Å². The number of amides is 1. The minimum atomic E-state index is 0.0158. The lowest BCUT2D eigenvalue weighted by Crippen LogP contribution is -2.39. The number of aryl methyl sites for hydroxylation is 1. The van der Waals surface area contributed by atoms with Crippen molar-refractivity contribution in [1.82, 2.24) is 19.9 Å². The van der Waals surface area contributed by atoms with E-state index in [4.69, 9.17) is 0 Å². The summed E-state index contributed by atoms with van der Waals surface area (Å²) in [6.45, 7) is 0.786. The van der Waals surface area contributed by atoms with Crippen LogP contribution in [0.15, 0.2) is 42.6 Å². The van der Waals surface area contributed by atoms with Crippen molar-refractivity contribution < 1.29 is 4.79 Å². The third-order valence-corrected chi connectivity index (χ3v) is 4.30. The fourth-order valence-corrected chi connectivity index (χ4v) is 3.00. The molecule has 5 nitrogen and oxygen atoms in total. The van der Waals surface area contributed by atoms with Crippen molar-refractivity contribution in [2.75, 3.05) is 6.54 Å². The Kier molecular flexibility index (Phi) is 4.86. The van der Waals surface area contributed by atoms with Gasteiger partial charge >= 0.3 is 0 Å². The molecule has 23 heavy (non-hydrogen) atoms. The van der Waals surface area contributed by atoms with Gasteiger partial charge in [-0.2, -0.15) is 0 Å². The quantitative estimate of drug-likeness (QED) is 0.876. The second kappa shape index (κ2) is 7.22. The Labute approximate surface area is 136 Å². The van der Waals surface area contributed by atoms with E-state index in [1.165, 1.54) is 6.42 Å².